The maximum absolute atomic E-state index is 13.3. The second kappa shape index (κ2) is 4.95. The third kappa shape index (κ3) is 2.09. The Morgan fingerprint density at radius 2 is 1.90 bits per heavy atom. The minimum Gasteiger partial charge on any atom is -0.293 e. The molecule has 4 rings (SSSR count). The summed E-state index contributed by atoms with van der Waals surface area (Å²) < 4.78 is 13.3. The van der Waals surface area contributed by atoms with Gasteiger partial charge in [0.1, 0.15) is 5.82 Å². The Kier molecular flexibility index (Phi) is 3.07. The van der Waals surface area contributed by atoms with Crippen LogP contribution in [-0.2, 0) is 18.4 Å². The number of H-pyrrole nitrogens is 1. The molecule has 1 atom stereocenters. The second-order valence-electron chi connectivity index (χ2n) is 6.28. The Labute approximate surface area is 124 Å². The number of aromatic nitrogens is 2. The average Bonchev–Trinajstić information content (AvgIpc) is 3.18. The number of likely N-dealkylation sites (tertiary alicyclic amines) is 1. The van der Waals surface area contributed by atoms with Crippen LogP contribution in [0.4, 0.5) is 4.39 Å². The predicted molar refractivity (Wildman–Crippen MR) is 79.5 cm³/mol. The lowest BCUT2D eigenvalue weighted by Crippen LogP contribution is -2.48. The average molecular weight is 285 g/mol. The molecule has 1 fully saturated rings. The fraction of sp³-hybridized carbons (Fsp3) is 0.471. The van der Waals surface area contributed by atoms with Gasteiger partial charge in [-0.3, -0.25) is 10.00 Å². The highest BCUT2D eigenvalue weighted by Crippen LogP contribution is 2.42. The molecule has 1 aliphatic heterocycles. The van der Waals surface area contributed by atoms with Crippen molar-refractivity contribution in [2.45, 2.75) is 37.6 Å². The van der Waals surface area contributed by atoms with Crippen LogP contribution in [0.5, 0.6) is 0 Å². The fourth-order valence-corrected chi connectivity index (χ4v) is 4.05. The fourth-order valence-electron chi connectivity index (χ4n) is 4.05. The number of rotatable bonds is 2. The number of halogens is 1. The zero-order valence-corrected chi connectivity index (χ0v) is 12.1. The van der Waals surface area contributed by atoms with E-state index in [-0.39, 0.29) is 11.4 Å². The summed E-state index contributed by atoms with van der Waals surface area (Å²) in [5, 5.41) is 7.32. The largest absolute Gasteiger partial charge is 0.293 e. The van der Waals surface area contributed by atoms with Gasteiger partial charge in [0.25, 0.3) is 0 Å². The van der Waals surface area contributed by atoms with Crippen LogP contribution in [0, 0.1) is 5.82 Å². The van der Waals surface area contributed by atoms with E-state index in [9.17, 15) is 4.39 Å². The summed E-state index contributed by atoms with van der Waals surface area (Å²) in [6.45, 7) is 2.29. The van der Waals surface area contributed by atoms with Gasteiger partial charge < -0.3 is 0 Å². The quantitative estimate of drug-likeness (QED) is 0.919. The Morgan fingerprint density at radius 3 is 2.67 bits per heavy atom. The molecule has 0 saturated carbocycles. The number of hydrogen-bond donors (Lipinski definition) is 1. The van der Waals surface area contributed by atoms with Gasteiger partial charge in [-0.25, -0.2) is 4.39 Å². The molecule has 1 aromatic carbocycles. The number of nitrogens with zero attached hydrogens (tertiary/aromatic N) is 2. The molecule has 4 heteroatoms. The molecule has 0 spiro atoms. The molecule has 1 saturated heterocycles. The Balaban J connectivity index is 1.78. The van der Waals surface area contributed by atoms with Crippen molar-refractivity contribution < 1.29 is 4.39 Å². The third-order valence-corrected chi connectivity index (χ3v) is 5.17. The van der Waals surface area contributed by atoms with Crippen LogP contribution in [0.15, 0.2) is 30.5 Å². The molecule has 0 bridgehead atoms. The van der Waals surface area contributed by atoms with Crippen LogP contribution in [0.2, 0.25) is 0 Å². The van der Waals surface area contributed by atoms with Crippen LogP contribution < -0.4 is 0 Å². The molecule has 2 aliphatic rings. The maximum atomic E-state index is 13.3. The van der Waals surface area contributed by atoms with E-state index in [1.165, 1.54) is 29.7 Å². The van der Waals surface area contributed by atoms with Crippen molar-refractivity contribution in [1.82, 2.24) is 15.1 Å². The van der Waals surface area contributed by atoms with Crippen LogP contribution in [0.1, 0.15) is 36.1 Å². The molecule has 1 N–H and O–H groups in total. The monoisotopic (exact) mass is 285 g/mol. The first-order valence-electron chi connectivity index (χ1n) is 7.80. The summed E-state index contributed by atoms with van der Waals surface area (Å²) in [4.78, 5) is 2.61. The minimum atomic E-state index is -0.157. The molecule has 2 heterocycles. The van der Waals surface area contributed by atoms with Crippen molar-refractivity contribution in [1.29, 1.82) is 0 Å². The summed E-state index contributed by atoms with van der Waals surface area (Å²) in [5.41, 5.74) is 3.85. The summed E-state index contributed by atoms with van der Waals surface area (Å²) in [6, 6.07) is 7.13. The summed E-state index contributed by atoms with van der Waals surface area (Å²) in [5.74, 6) is -0.157. The first-order chi connectivity index (χ1) is 10.3. The van der Waals surface area contributed by atoms with Crippen molar-refractivity contribution in [3.05, 3.63) is 53.1 Å². The van der Waals surface area contributed by atoms with Gasteiger partial charge in [0.2, 0.25) is 0 Å². The van der Waals surface area contributed by atoms with Gasteiger partial charge in [0.15, 0.2) is 0 Å². The molecule has 0 amide bonds. The van der Waals surface area contributed by atoms with E-state index in [0.717, 1.165) is 32.4 Å². The normalized spacial score (nSPS) is 26.0. The van der Waals surface area contributed by atoms with Crippen LogP contribution in [0.25, 0.3) is 0 Å². The Bertz CT molecular complexity index is 628. The number of nitrogens with one attached hydrogen (secondary N) is 1. The zero-order valence-electron chi connectivity index (χ0n) is 12.1. The third-order valence-electron chi connectivity index (χ3n) is 5.17. The standard InChI is InChI=1S/C17H20FN3/c18-15-5-3-14(4-6-15)17(21-9-1-2-10-21)8-7-16-13(11-17)12-19-20-16/h3-6,12H,1-2,7-11H2,(H,19,20). The van der Waals surface area contributed by atoms with E-state index >= 15 is 0 Å². The summed E-state index contributed by atoms with van der Waals surface area (Å²) >= 11 is 0. The predicted octanol–water partition coefficient (Wildman–Crippen LogP) is 3.03. The van der Waals surface area contributed by atoms with Gasteiger partial charge in [0, 0.05) is 5.69 Å². The first-order valence-corrected chi connectivity index (χ1v) is 7.80. The number of benzene rings is 1. The van der Waals surface area contributed by atoms with Crippen LogP contribution in [-0.4, -0.2) is 28.2 Å². The van der Waals surface area contributed by atoms with Gasteiger partial charge in [-0.15, -0.1) is 0 Å². The molecular weight excluding hydrogens is 265 g/mol. The Morgan fingerprint density at radius 1 is 1.14 bits per heavy atom. The molecule has 110 valence electrons. The maximum Gasteiger partial charge on any atom is 0.123 e. The number of fused-ring (bicyclic) bond motifs is 1. The first kappa shape index (κ1) is 13.0. The van der Waals surface area contributed by atoms with Crippen molar-refractivity contribution in [2.75, 3.05) is 13.1 Å². The molecule has 0 radical (unpaired) electrons. The van der Waals surface area contributed by atoms with E-state index in [0.29, 0.717) is 0 Å². The lowest BCUT2D eigenvalue weighted by Gasteiger charge is -2.45. The van der Waals surface area contributed by atoms with E-state index in [2.05, 4.69) is 15.1 Å². The highest BCUT2D eigenvalue weighted by Gasteiger charge is 2.42. The molecule has 1 unspecified atom stereocenters. The highest BCUT2D eigenvalue weighted by molar-refractivity contribution is 5.33. The highest BCUT2D eigenvalue weighted by atomic mass is 19.1. The van der Waals surface area contributed by atoms with E-state index in [1.807, 2.05) is 18.3 Å². The molecule has 1 aromatic heterocycles. The van der Waals surface area contributed by atoms with Crippen molar-refractivity contribution in [2.24, 2.45) is 0 Å². The number of hydrogen-bond acceptors (Lipinski definition) is 2. The summed E-state index contributed by atoms with van der Waals surface area (Å²) in [7, 11) is 0. The van der Waals surface area contributed by atoms with Gasteiger partial charge in [-0.05, 0) is 68.5 Å². The van der Waals surface area contributed by atoms with Crippen LogP contribution in [0.3, 0.4) is 0 Å². The van der Waals surface area contributed by atoms with Crippen molar-refractivity contribution in [3.8, 4) is 0 Å². The van der Waals surface area contributed by atoms with Crippen LogP contribution >= 0.6 is 0 Å². The minimum absolute atomic E-state index is 0.0150. The number of aromatic amines is 1. The SMILES string of the molecule is Fc1ccc(C2(N3CCCC3)CCc3[nH]ncc3C2)cc1. The Hall–Kier alpha value is -1.68. The molecule has 21 heavy (non-hydrogen) atoms. The van der Waals surface area contributed by atoms with E-state index in [1.54, 1.807) is 12.1 Å². The van der Waals surface area contributed by atoms with Gasteiger partial charge in [-0.1, -0.05) is 12.1 Å². The molecule has 3 nitrogen and oxygen atoms in total. The molecule has 1 aliphatic carbocycles. The second-order valence-corrected chi connectivity index (χ2v) is 6.28. The summed E-state index contributed by atoms with van der Waals surface area (Å²) in [6.07, 6.45) is 7.56. The van der Waals surface area contributed by atoms with E-state index in [4.69, 9.17) is 0 Å². The molecular formula is C17H20FN3. The zero-order chi connectivity index (χ0) is 14.3. The smallest absolute Gasteiger partial charge is 0.123 e. The van der Waals surface area contributed by atoms with Gasteiger partial charge in [0.05, 0.1) is 11.7 Å². The van der Waals surface area contributed by atoms with Gasteiger partial charge in [-0.2, -0.15) is 5.10 Å². The lowest BCUT2D eigenvalue weighted by molar-refractivity contribution is 0.0966. The topological polar surface area (TPSA) is 31.9 Å². The van der Waals surface area contributed by atoms with Gasteiger partial charge >= 0.3 is 0 Å². The number of aryl methyl sites for hydroxylation is 1. The van der Waals surface area contributed by atoms with Crippen molar-refractivity contribution in [3.63, 3.8) is 0 Å². The van der Waals surface area contributed by atoms with E-state index < -0.39 is 0 Å². The lowest BCUT2D eigenvalue weighted by atomic mass is 9.74. The van der Waals surface area contributed by atoms with Crippen molar-refractivity contribution >= 4 is 0 Å². The molecule has 2 aromatic rings.